The fourth-order valence-corrected chi connectivity index (χ4v) is 3.27. The third-order valence-corrected chi connectivity index (χ3v) is 4.49. The van der Waals surface area contributed by atoms with Gasteiger partial charge >= 0.3 is 0 Å². The maximum atomic E-state index is 9.68. The molecular formula is C17H37Cl2NO. The van der Waals surface area contributed by atoms with E-state index in [2.05, 4.69) is 25.7 Å². The Bertz CT molecular complexity index is 211. The van der Waals surface area contributed by atoms with Crippen LogP contribution in [-0.2, 0) is 0 Å². The highest BCUT2D eigenvalue weighted by Gasteiger charge is 2.21. The molecule has 0 radical (unpaired) electrons. The van der Waals surface area contributed by atoms with E-state index in [1.807, 2.05) is 6.92 Å². The molecule has 21 heavy (non-hydrogen) atoms. The lowest BCUT2D eigenvalue weighted by Gasteiger charge is -2.32. The van der Waals surface area contributed by atoms with Crippen LogP contribution in [0.3, 0.4) is 0 Å². The van der Waals surface area contributed by atoms with Crippen LogP contribution >= 0.6 is 24.0 Å². The van der Waals surface area contributed by atoms with Gasteiger partial charge in [-0.25, -0.2) is 0 Å². The Labute approximate surface area is 144 Å². The summed E-state index contributed by atoms with van der Waals surface area (Å²) in [5, 5.41) is 9.93. The molecule has 0 aromatic heterocycles. The van der Waals surface area contributed by atoms with Gasteiger partial charge in [-0.2, -0.15) is 0 Å². The highest BCUT2D eigenvalue weighted by molar-refractivity contribution is 6.20. The summed E-state index contributed by atoms with van der Waals surface area (Å²) in [6, 6.07) is 0.420. The van der Waals surface area contributed by atoms with Crippen molar-refractivity contribution < 1.29 is 5.11 Å². The molecule has 1 N–H and O–H groups in total. The van der Waals surface area contributed by atoms with E-state index in [9.17, 15) is 5.11 Å². The molecule has 0 aliphatic carbocycles. The van der Waals surface area contributed by atoms with Gasteiger partial charge in [0.2, 0.25) is 0 Å². The van der Waals surface area contributed by atoms with Crippen LogP contribution in [0.1, 0.15) is 79.1 Å². The summed E-state index contributed by atoms with van der Waals surface area (Å²) in [5.41, 5.74) is 0. The van der Waals surface area contributed by atoms with Crippen molar-refractivity contribution in [2.75, 3.05) is 13.1 Å². The summed E-state index contributed by atoms with van der Waals surface area (Å²) in [6.07, 6.45) is 9.24. The summed E-state index contributed by atoms with van der Waals surface area (Å²) in [5.74, 6) is 0. The van der Waals surface area contributed by atoms with E-state index in [4.69, 9.17) is 11.6 Å². The second-order valence-corrected chi connectivity index (χ2v) is 6.61. The lowest BCUT2D eigenvalue weighted by Crippen LogP contribution is -2.38. The topological polar surface area (TPSA) is 23.5 Å². The Morgan fingerprint density at radius 3 is 2.00 bits per heavy atom. The van der Waals surface area contributed by atoms with Crippen LogP contribution in [0.25, 0.3) is 0 Å². The number of hydrogen-bond donors (Lipinski definition) is 1. The normalized spacial score (nSPS) is 15.6. The first kappa shape index (κ1) is 23.8. The van der Waals surface area contributed by atoms with Gasteiger partial charge in [0.15, 0.2) is 0 Å². The molecule has 0 aliphatic heterocycles. The average Bonchev–Trinajstić information content (AvgIpc) is 2.39. The van der Waals surface area contributed by atoms with Crippen LogP contribution in [0, 0.1) is 0 Å². The molecule has 0 heterocycles. The number of aliphatic hydroxyl groups is 1. The smallest absolute Gasteiger partial charge is 0.0527 e. The minimum absolute atomic E-state index is 0. The van der Waals surface area contributed by atoms with Crippen molar-refractivity contribution in [3.8, 4) is 0 Å². The molecule has 0 aliphatic rings. The summed E-state index contributed by atoms with van der Waals surface area (Å²) in [6.45, 7) is 10.6. The summed E-state index contributed by atoms with van der Waals surface area (Å²) < 4.78 is 0. The van der Waals surface area contributed by atoms with Gasteiger partial charge < -0.3 is 10.0 Å². The Hall–Kier alpha value is 0.500. The molecule has 0 aromatic carbocycles. The predicted molar refractivity (Wildman–Crippen MR) is 97.9 cm³/mol. The summed E-state index contributed by atoms with van der Waals surface area (Å²) in [7, 11) is 0. The molecule has 0 fully saturated rings. The summed E-state index contributed by atoms with van der Waals surface area (Å²) >= 11 is 6.52. The molecule has 0 spiro atoms. The zero-order valence-corrected chi connectivity index (χ0v) is 16.1. The minimum Gasteiger partial charge on any atom is -0.393 e. The molecule has 130 valence electrons. The van der Waals surface area contributed by atoms with E-state index < -0.39 is 0 Å². The molecule has 0 rings (SSSR count). The van der Waals surface area contributed by atoms with Gasteiger partial charge in [0.25, 0.3) is 0 Å². The molecule has 2 nitrogen and oxygen atoms in total. The predicted octanol–water partition coefficient (Wildman–Crippen LogP) is 5.25. The van der Waals surface area contributed by atoms with Crippen molar-refractivity contribution in [3.63, 3.8) is 0 Å². The Balaban J connectivity index is 0. The van der Waals surface area contributed by atoms with Gasteiger partial charge in [0.1, 0.15) is 0 Å². The largest absolute Gasteiger partial charge is 0.393 e. The molecule has 3 unspecified atom stereocenters. The summed E-state index contributed by atoms with van der Waals surface area (Å²) in [4.78, 5) is 2.43. The molecule has 0 saturated heterocycles. The van der Waals surface area contributed by atoms with E-state index in [1.165, 1.54) is 32.1 Å². The van der Waals surface area contributed by atoms with E-state index in [0.29, 0.717) is 6.04 Å². The Morgan fingerprint density at radius 2 is 1.52 bits per heavy atom. The van der Waals surface area contributed by atoms with Crippen LogP contribution in [0.5, 0.6) is 0 Å². The Morgan fingerprint density at radius 1 is 0.952 bits per heavy atom. The second kappa shape index (κ2) is 15.4. The highest BCUT2D eigenvalue weighted by Crippen LogP contribution is 2.21. The lowest BCUT2D eigenvalue weighted by atomic mass is 9.99. The van der Waals surface area contributed by atoms with Gasteiger partial charge in [0.05, 0.1) is 6.10 Å². The van der Waals surface area contributed by atoms with Crippen molar-refractivity contribution in [1.82, 2.24) is 4.90 Å². The van der Waals surface area contributed by atoms with E-state index in [1.54, 1.807) is 0 Å². The van der Waals surface area contributed by atoms with Crippen molar-refractivity contribution >= 4 is 24.0 Å². The molecule has 0 aromatic rings. The minimum atomic E-state index is -0.242. The number of hydrogen-bond acceptors (Lipinski definition) is 2. The number of unbranched alkanes of at least 4 members (excludes halogenated alkanes) is 4. The van der Waals surface area contributed by atoms with E-state index in [0.717, 1.165) is 32.4 Å². The maximum Gasteiger partial charge on any atom is 0.0527 e. The van der Waals surface area contributed by atoms with Gasteiger partial charge in [0, 0.05) is 11.4 Å². The number of aliphatic hydroxyl groups excluding tert-OH is 1. The average molecular weight is 342 g/mol. The zero-order chi connectivity index (χ0) is 15.4. The highest BCUT2D eigenvalue weighted by atomic mass is 35.5. The number of alkyl halides is 1. The lowest BCUT2D eigenvalue weighted by molar-refractivity contribution is 0.112. The number of halogens is 2. The Kier molecular flexibility index (Phi) is 17.4. The van der Waals surface area contributed by atoms with Crippen LogP contribution in [0.2, 0.25) is 0 Å². The van der Waals surface area contributed by atoms with Gasteiger partial charge in [-0.1, -0.05) is 52.9 Å². The van der Waals surface area contributed by atoms with Gasteiger partial charge in [-0.15, -0.1) is 24.0 Å². The van der Waals surface area contributed by atoms with Crippen molar-refractivity contribution in [1.29, 1.82) is 0 Å². The molecule has 0 bridgehead atoms. The second-order valence-electron chi connectivity index (χ2n) is 6.00. The SMILES string of the molecule is CCCCCCCC(Cl)CC(CC(C)O)N(CC)CC.Cl. The van der Waals surface area contributed by atoms with Crippen LogP contribution in [0.15, 0.2) is 0 Å². The molecule has 4 heteroatoms. The first-order chi connectivity index (χ1) is 9.54. The monoisotopic (exact) mass is 341 g/mol. The van der Waals surface area contributed by atoms with Crippen LogP contribution < -0.4 is 0 Å². The fraction of sp³-hybridized carbons (Fsp3) is 1.00. The van der Waals surface area contributed by atoms with Crippen LogP contribution in [-0.4, -0.2) is 40.6 Å². The van der Waals surface area contributed by atoms with Crippen molar-refractivity contribution in [3.05, 3.63) is 0 Å². The van der Waals surface area contributed by atoms with Crippen LogP contribution in [0.4, 0.5) is 0 Å². The van der Waals surface area contributed by atoms with Gasteiger partial charge in [-0.05, 0) is 39.3 Å². The van der Waals surface area contributed by atoms with E-state index >= 15 is 0 Å². The quantitative estimate of drug-likeness (QED) is 0.365. The third kappa shape index (κ3) is 12.7. The maximum absolute atomic E-state index is 9.68. The standard InChI is InChI=1S/C17H36ClNO.ClH/c1-5-8-9-10-11-12-16(18)14-17(13-15(4)20)19(6-2)7-3;/h15-17,20H,5-14H2,1-4H3;1H. The van der Waals surface area contributed by atoms with Crippen molar-refractivity contribution in [2.24, 2.45) is 0 Å². The molecule has 3 atom stereocenters. The number of rotatable bonds is 13. The first-order valence-electron chi connectivity index (χ1n) is 8.61. The number of nitrogens with zero attached hydrogens (tertiary/aromatic N) is 1. The first-order valence-corrected chi connectivity index (χ1v) is 9.04. The third-order valence-electron chi connectivity index (χ3n) is 4.09. The van der Waals surface area contributed by atoms with E-state index in [-0.39, 0.29) is 23.9 Å². The molecular weight excluding hydrogens is 305 g/mol. The zero-order valence-electron chi connectivity index (χ0n) is 14.5. The molecule has 0 saturated carbocycles. The van der Waals surface area contributed by atoms with Crippen molar-refractivity contribution in [2.45, 2.75) is 96.6 Å². The molecule has 0 amide bonds. The van der Waals surface area contributed by atoms with Gasteiger partial charge in [-0.3, -0.25) is 0 Å². The fourth-order valence-electron chi connectivity index (χ4n) is 2.91.